The van der Waals surface area contributed by atoms with E-state index in [2.05, 4.69) is 19.2 Å². The molecular weight excluding hydrogens is 278 g/mol. The molecule has 0 atom stereocenters. The van der Waals surface area contributed by atoms with Crippen molar-refractivity contribution >= 4 is 11.8 Å². The maximum Gasteiger partial charge on any atom is 0.251 e. The lowest BCUT2D eigenvalue weighted by atomic mass is 10.0. The van der Waals surface area contributed by atoms with Crippen LogP contribution in [-0.4, -0.2) is 42.4 Å². The van der Waals surface area contributed by atoms with Crippen LogP contribution >= 0.6 is 0 Å². The Morgan fingerprint density at radius 3 is 2.32 bits per heavy atom. The van der Waals surface area contributed by atoms with Crippen molar-refractivity contribution in [3.63, 3.8) is 0 Å². The average molecular weight is 303 g/mol. The van der Waals surface area contributed by atoms with Crippen LogP contribution in [0.25, 0.3) is 0 Å². The second-order valence-electron chi connectivity index (χ2n) is 6.27. The average Bonchev–Trinajstić information content (AvgIpc) is 2.49. The topological polar surface area (TPSA) is 75.4 Å². The smallest absolute Gasteiger partial charge is 0.251 e. The van der Waals surface area contributed by atoms with E-state index in [-0.39, 0.29) is 17.9 Å². The summed E-state index contributed by atoms with van der Waals surface area (Å²) in [6, 6.07) is 7.95. The predicted octanol–water partition coefficient (Wildman–Crippen LogP) is 1.49. The summed E-state index contributed by atoms with van der Waals surface area (Å²) in [5, 5.41) is 3.08. The molecule has 0 bridgehead atoms. The molecular formula is C17H25N3O2. The van der Waals surface area contributed by atoms with Crippen LogP contribution < -0.4 is 11.1 Å². The Kier molecular flexibility index (Phi) is 5.55. The van der Waals surface area contributed by atoms with Crippen molar-refractivity contribution in [3.05, 3.63) is 35.4 Å². The fourth-order valence-electron chi connectivity index (χ4n) is 2.74. The zero-order valence-corrected chi connectivity index (χ0v) is 13.3. The Morgan fingerprint density at radius 1 is 1.23 bits per heavy atom. The SMILES string of the molecule is CC(C)c1ccc(C(=O)NC2CCN(CC(N)=O)CC2)cc1. The number of likely N-dealkylation sites (tertiary alicyclic amines) is 1. The van der Waals surface area contributed by atoms with Gasteiger partial charge in [0.15, 0.2) is 0 Å². The Labute approximate surface area is 131 Å². The van der Waals surface area contributed by atoms with Gasteiger partial charge in [0.1, 0.15) is 0 Å². The molecule has 0 radical (unpaired) electrons. The van der Waals surface area contributed by atoms with E-state index < -0.39 is 0 Å². The van der Waals surface area contributed by atoms with Gasteiger partial charge in [-0.05, 0) is 36.5 Å². The highest BCUT2D eigenvalue weighted by atomic mass is 16.2. The van der Waals surface area contributed by atoms with Gasteiger partial charge in [-0.25, -0.2) is 0 Å². The number of nitrogens with zero attached hydrogens (tertiary/aromatic N) is 1. The van der Waals surface area contributed by atoms with E-state index in [0.29, 0.717) is 18.0 Å². The van der Waals surface area contributed by atoms with Gasteiger partial charge in [-0.15, -0.1) is 0 Å². The zero-order valence-electron chi connectivity index (χ0n) is 13.3. The molecule has 1 saturated heterocycles. The summed E-state index contributed by atoms with van der Waals surface area (Å²) in [7, 11) is 0. The van der Waals surface area contributed by atoms with Crippen molar-refractivity contribution in [2.45, 2.75) is 38.6 Å². The Morgan fingerprint density at radius 2 is 1.82 bits per heavy atom. The fourth-order valence-corrected chi connectivity index (χ4v) is 2.74. The number of benzene rings is 1. The van der Waals surface area contributed by atoms with Crippen molar-refractivity contribution in [3.8, 4) is 0 Å². The second kappa shape index (κ2) is 7.40. The van der Waals surface area contributed by atoms with E-state index in [9.17, 15) is 9.59 Å². The van der Waals surface area contributed by atoms with Gasteiger partial charge < -0.3 is 11.1 Å². The number of piperidine rings is 1. The first-order valence-corrected chi connectivity index (χ1v) is 7.87. The first-order valence-electron chi connectivity index (χ1n) is 7.87. The third-order valence-corrected chi connectivity index (χ3v) is 4.14. The molecule has 2 rings (SSSR count). The molecule has 5 nitrogen and oxygen atoms in total. The Balaban J connectivity index is 1.84. The molecule has 120 valence electrons. The van der Waals surface area contributed by atoms with E-state index >= 15 is 0 Å². The summed E-state index contributed by atoms with van der Waals surface area (Å²) in [5.74, 6) is 0.142. The van der Waals surface area contributed by atoms with Gasteiger partial charge in [-0.3, -0.25) is 14.5 Å². The lowest BCUT2D eigenvalue weighted by Gasteiger charge is -2.31. The zero-order chi connectivity index (χ0) is 16.1. The minimum Gasteiger partial charge on any atom is -0.369 e. The van der Waals surface area contributed by atoms with Crippen LogP contribution in [0.5, 0.6) is 0 Å². The van der Waals surface area contributed by atoms with Gasteiger partial charge in [0.25, 0.3) is 5.91 Å². The molecule has 0 saturated carbocycles. The van der Waals surface area contributed by atoms with Crippen LogP contribution in [0.3, 0.4) is 0 Å². The number of amides is 2. The first kappa shape index (κ1) is 16.5. The van der Waals surface area contributed by atoms with Gasteiger partial charge >= 0.3 is 0 Å². The highest BCUT2D eigenvalue weighted by molar-refractivity contribution is 5.94. The molecule has 0 spiro atoms. The molecule has 1 fully saturated rings. The van der Waals surface area contributed by atoms with E-state index in [4.69, 9.17) is 5.73 Å². The molecule has 1 aliphatic heterocycles. The fraction of sp³-hybridized carbons (Fsp3) is 0.529. The molecule has 1 aromatic rings. The van der Waals surface area contributed by atoms with Crippen molar-refractivity contribution in [1.82, 2.24) is 10.2 Å². The molecule has 2 amide bonds. The number of primary amides is 1. The van der Waals surface area contributed by atoms with Crippen molar-refractivity contribution < 1.29 is 9.59 Å². The van der Waals surface area contributed by atoms with Crippen LogP contribution in [0.15, 0.2) is 24.3 Å². The maximum absolute atomic E-state index is 12.3. The van der Waals surface area contributed by atoms with Gasteiger partial charge in [0, 0.05) is 24.7 Å². The maximum atomic E-state index is 12.3. The lowest BCUT2D eigenvalue weighted by Crippen LogP contribution is -2.46. The third kappa shape index (κ3) is 4.56. The first-order chi connectivity index (χ1) is 10.5. The number of nitrogens with one attached hydrogen (secondary N) is 1. The van der Waals surface area contributed by atoms with Crippen LogP contribution in [0.4, 0.5) is 0 Å². The Bertz CT molecular complexity index is 517. The number of carbonyl (C=O) groups is 2. The number of rotatable bonds is 5. The summed E-state index contributed by atoms with van der Waals surface area (Å²) in [6.07, 6.45) is 1.70. The van der Waals surface area contributed by atoms with Gasteiger partial charge in [0.05, 0.1) is 6.54 Å². The van der Waals surface area contributed by atoms with E-state index in [1.165, 1.54) is 5.56 Å². The van der Waals surface area contributed by atoms with E-state index in [1.807, 2.05) is 29.2 Å². The highest BCUT2D eigenvalue weighted by Crippen LogP contribution is 2.15. The largest absolute Gasteiger partial charge is 0.369 e. The van der Waals surface area contributed by atoms with Gasteiger partial charge in [-0.1, -0.05) is 26.0 Å². The second-order valence-corrected chi connectivity index (χ2v) is 6.27. The molecule has 0 aromatic heterocycles. The normalized spacial score (nSPS) is 16.7. The number of carbonyl (C=O) groups excluding carboxylic acids is 2. The summed E-state index contributed by atoms with van der Waals surface area (Å²) < 4.78 is 0. The van der Waals surface area contributed by atoms with E-state index in [0.717, 1.165) is 25.9 Å². The summed E-state index contributed by atoms with van der Waals surface area (Å²) in [6.45, 7) is 6.15. The Hall–Kier alpha value is -1.88. The van der Waals surface area contributed by atoms with Crippen LogP contribution in [0.1, 0.15) is 48.5 Å². The number of hydrogen-bond donors (Lipinski definition) is 2. The minimum absolute atomic E-state index is 0.0244. The summed E-state index contributed by atoms with van der Waals surface area (Å²) in [4.78, 5) is 25.2. The highest BCUT2D eigenvalue weighted by Gasteiger charge is 2.21. The molecule has 3 N–H and O–H groups in total. The predicted molar refractivity (Wildman–Crippen MR) is 86.7 cm³/mol. The number of hydrogen-bond acceptors (Lipinski definition) is 3. The third-order valence-electron chi connectivity index (χ3n) is 4.14. The molecule has 0 aliphatic carbocycles. The standard InChI is InChI=1S/C17H25N3O2/c1-12(2)13-3-5-14(6-4-13)17(22)19-15-7-9-20(10-8-15)11-16(18)21/h3-6,12,15H,7-11H2,1-2H3,(H2,18,21)(H,19,22). The van der Waals surface area contributed by atoms with Gasteiger partial charge in [-0.2, -0.15) is 0 Å². The molecule has 1 aliphatic rings. The summed E-state index contributed by atoms with van der Waals surface area (Å²) >= 11 is 0. The number of nitrogens with two attached hydrogens (primary N) is 1. The van der Waals surface area contributed by atoms with Crippen molar-refractivity contribution in [2.75, 3.05) is 19.6 Å². The van der Waals surface area contributed by atoms with Gasteiger partial charge in [0.2, 0.25) is 5.91 Å². The molecule has 1 heterocycles. The van der Waals surface area contributed by atoms with Crippen molar-refractivity contribution in [2.24, 2.45) is 5.73 Å². The van der Waals surface area contributed by atoms with Crippen LogP contribution in [-0.2, 0) is 4.79 Å². The molecule has 5 heteroatoms. The van der Waals surface area contributed by atoms with Crippen molar-refractivity contribution in [1.29, 1.82) is 0 Å². The monoisotopic (exact) mass is 303 g/mol. The minimum atomic E-state index is -0.298. The van der Waals surface area contributed by atoms with E-state index in [1.54, 1.807) is 0 Å². The quantitative estimate of drug-likeness (QED) is 0.865. The summed E-state index contributed by atoms with van der Waals surface area (Å²) in [5.41, 5.74) is 7.13. The lowest BCUT2D eigenvalue weighted by molar-refractivity contribution is -0.119. The molecule has 1 aromatic carbocycles. The molecule has 22 heavy (non-hydrogen) atoms. The van der Waals surface area contributed by atoms with Crippen LogP contribution in [0.2, 0.25) is 0 Å². The van der Waals surface area contributed by atoms with Crippen LogP contribution in [0, 0.1) is 0 Å². The molecule has 0 unspecified atom stereocenters.